The van der Waals surface area contributed by atoms with E-state index in [9.17, 15) is 17.2 Å². The summed E-state index contributed by atoms with van der Waals surface area (Å²) in [6.07, 6.45) is 2.66. The van der Waals surface area contributed by atoms with E-state index >= 15 is 0 Å². The molecule has 0 aliphatic rings. The molecule has 3 rings (SSSR count). The minimum Gasteiger partial charge on any atom is -0.276 e. The van der Waals surface area contributed by atoms with Crippen molar-refractivity contribution in [3.05, 3.63) is 76.0 Å². The third-order valence-corrected chi connectivity index (χ3v) is 5.57. The Morgan fingerprint density at radius 2 is 1.81 bits per heavy atom. The molecule has 0 saturated heterocycles. The summed E-state index contributed by atoms with van der Waals surface area (Å²) in [5, 5.41) is 4.92. The molecule has 136 valence electrons. The Labute approximate surface area is 158 Å². The summed E-state index contributed by atoms with van der Waals surface area (Å²) >= 11 is 12.2. The summed E-state index contributed by atoms with van der Waals surface area (Å²) < 4.78 is 54.8. The van der Waals surface area contributed by atoms with Crippen LogP contribution in [0.3, 0.4) is 0 Å². The third kappa shape index (κ3) is 3.98. The molecule has 0 aliphatic heterocycles. The minimum atomic E-state index is -4.23. The number of hydrogen-bond acceptors (Lipinski definition) is 3. The van der Waals surface area contributed by atoms with Crippen LogP contribution in [0.15, 0.2) is 53.7 Å². The second-order valence-electron chi connectivity index (χ2n) is 5.31. The fraction of sp³-hybridized carbons (Fsp3) is 0.0625. The maximum atomic E-state index is 13.7. The Balaban J connectivity index is 1.82. The molecular weight excluding hydrogens is 407 g/mol. The van der Waals surface area contributed by atoms with Gasteiger partial charge in [-0.25, -0.2) is 17.2 Å². The van der Waals surface area contributed by atoms with Crippen molar-refractivity contribution in [3.63, 3.8) is 0 Å². The Morgan fingerprint density at radius 1 is 1.12 bits per heavy atom. The lowest BCUT2D eigenvalue weighted by atomic mass is 10.2. The number of rotatable bonds is 5. The van der Waals surface area contributed by atoms with Crippen LogP contribution in [0, 0.1) is 11.6 Å². The van der Waals surface area contributed by atoms with Crippen LogP contribution in [0.4, 0.5) is 14.5 Å². The molecule has 0 radical (unpaired) electrons. The van der Waals surface area contributed by atoms with Crippen LogP contribution in [0.2, 0.25) is 10.0 Å². The molecule has 0 bridgehead atoms. The van der Waals surface area contributed by atoms with Gasteiger partial charge in [0.1, 0.15) is 16.5 Å². The molecule has 0 aliphatic carbocycles. The number of nitrogens with zero attached hydrogens (tertiary/aromatic N) is 2. The van der Waals surface area contributed by atoms with Gasteiger partial charge in [0, 0.05) is 27.9 Å². The Hall–Kier alpha value is -2.16. The van der Waals surface area contributed by atoms with Crippen molar-refractivity contribution in [3.8, 4) is 0 Å². The summed E-state index contributed by atoms with van der Waals surface area (Å²) in [6.45, 7) is 0.213. The average molecular weight is 418 g/mol. The number of halogens is 4. The lowest BCUT2D eigenvalue weighted by Gasteiger charge is -2.08. The predicted molar refractivity (Wildman–Crippen MR) is 95.0 cm³/mol. The maximum absolute atomic E-state index is 13.7. The molecule has 0 saturated carbocycles. The molecule has 10 heteroatoms. The van der Waals surface area contributed by atoms with Gasteiger partial charge >= 0.3 is 0 Å². The zero-order valence-electron chi connectivity index (χ0n) is 13.0. The smallest absolute Gasteiger partial charge is 0.264 e. The van der Waals surface area contributed by atoms with Gasteiger partial charge in [-0.15, -0.1) is 0 Å². The van der Waals surface area contributed by atoms with E-state index in [0.717, 1.165) is 12.1 Å². The highest BCUT2D eigenvalue weighted by molar-refractivity contribution is 7.92. The molecule has 26 heavy (non-hydrogen) atoms. The first kappa shape index (κ1) is 18.6. The van der Waals surface area contributed by atoms with Crippen LogP contribution in [-0.2, 0) is 16.6 Å². The van der Waals surface area contributed by atoms with Crippen LogP contribution >= 0.6 is 23.2 Å². The highest BCUT2D eigenvalue weighted by Crippen LogP contribution is 2.25. The average Bonchev–Trinajstić information content (AvgIpc) is 2.97. The van der Waals surface area contributed by atoms with Gasteiger partial charge in [0.05, 0.1) is 18.4 Å². The highest BCUT2D eigenvalue weighted by Gasteiger charge is 2.20. The molecular formula is C16H11Cl2F2N3O2S. The standard InChI is InChI=1S/C16H11Cl2F2N3O2S/c17-13-2-1-3-14(18)12(13)9-23-8-11(7-21-23)22-26(24,25)16-5-4-10(19)6-15(16)20/h1-8,22H,9H2. The lowest BCUT2D eigenvalue weighted by Crippen LogP contribution is -2.14. The quantitative estimate of drug-likeness (QED) is 0.672. The van der Waals surface area contributed by atoms with Gasteiger partial charge in [0.2, 0.25) is 0 Å². The molecule has 0 unspecified atom stereocenters. The number of nitrogens with one attached hydrogen (secondary N) is 1. The van der Waals surface area contributed by atoms with E-state index in [2.05, 4.69) is 9.82 Å². The first-order valence-corrected chi connectivity index (χ1v) is 9.43. The zero-order valence-corrected chi connectivity index (χ0v) is 15.3. The third-order valence-electron chi connectivity index (χ3n) is 3.45. The normalized spacial score (nSPS) is 11.5. The number of anilines is 1. The van der Waals surface area contributed by atoms with Gasteiger partial charge in [-0.05, 0) is 24.3 Å². The summed E-state index contributed by atoms with van der Waals surface area (Å²) in [6, 6.07) is 7.26. The fourth-order valence-electron chi connectivity index (χ4n) is 2.25. The Bertz CT molecular complexity index is 1050. The molecule has 1 aromatic heterocycles. The van der Waals surface area contributed by atoms with Gasteiger partial charge in [-0.3, -0.25) is 9.40 Å². The first-order chi connectivity index (χ1) is 12.3. The molecule has 0 amide bonds. The number of sulfonamides is 1. The van der Waals surface area contributed by atoms with Crippen molar-refractivity contribution >= 4 is 38.9 Å². The molecule has 1 N–H and O–H groups in total. The van der Waals surface area contributed by atoms with Gasteiger partial charge < -0.3 is 0 Å². The van der Waals surface area contributed by atoms with Crippen LogP contribution in [-0.4, -0.2) is 18.2 Å². The molecule has 1 heterocycles. The second-order valence-corrected chi connectivity index (χ2v) is 7.77. The fourth-order valence-corrected chi connectivity index (χ4v) is 3.86. The summed E-state index contributed by atoms with van der Waals surface area (Å²) in [7, 11) is -4.23. The van der Waals surface area contributed by atoms with E-state index in [0.29, 0.717) is 21.7 Å². The van der Waals surface area contributed by atoms with Gasteiger partial charge in [0.15, 0.2) is 0 Å². The first-order valence-electron chi connectivity index (χ1n) is 7.19. The molecule has 0 atom stereocenters. The van der Waals surface area contributed by atoms with E-state index < -0.39 is 26.6 Å². The highest BCUT2D eigenvalue weighted by atomic mass is 35.5. The van der Waals surface area contributed by atoms with E-state index in [1.807, 2.05) is 0 Å². The topological polar surface area (TPSA) is 64.0 Å². The number of hydrogen-bond donors (Lipinski definition) is 1. The van der Waals surface area contributed by atoms with Crippen molar-refractivity contribution in [2.75, 3.05) is 4.72 Å². The lowest BCUT2D eigenvalue weighted by molar-refractivity contribution is 0.551. The largest absolute Gasteiger partial charge is 0.276 e. The van der Waals surface area contributed by atoms with E-state index in [1.165, 1.54) is 17.1 Å². The van der Waals surface area contributed by atoms with E-state index in [1.54, 1.807) is 18.2 Å². The Kier molecular flexibility index (Phi) is 5.17. The molecule has 5 nitrogen and oxygen atoms in total. The van der Waals surface area contributed by atoms with Gasteiger partial charge in [0.25, 0.3) is 10.0 Å². The summed E-state index contributed by atoms with van der Waals surface area (Å²) in [5.41, 5.74) is 0.731. The van der Waals surface area contributed by atoms with E-state index in [-0.39, 0.29) is 12.2 Å². The van der Waals surface area contributed by atoms with Gasteiger partial charge in [-0.2, -0.15) is 5.10 Å². The van der Waals surface area contributed by atoms with Gasteiger partial charge in [-0.1, -0.05) is 29.3 Å². The van der Waals surface area contributed by atoms with Crippen LogP contribution in [0.25, 0.3) is 0 Å². The van der Waals surface area contributed by atoms with Crippen LogP contribution in [0.5, 0.6) is 0 Å². The monoisotopic (exact) mass is 417 g/mol. The summed E-state index contributed by atoms with van der Waals surface area (Å²) in [4.78, 5) is -0.666. The summed E-state index contributed by atoms with van der Waals surface area (Å²) in [5.74, 6) is -2.06. The maximum Gasteiger partial charge on any atom is 0.264 e. The van der Waals surface area contributed by atoms with Crippen LogP contribution < -0.4 is 4.72 Å². The second kappa shape index (κ2) is 7.22. The predicted octanol–water partition coefficient (Wildman–Crippen LogP) is 4.32. The zero-order chi connectivity index (χ0) is 18.9. The van der Waals surface area contributed by atoms with Crippen molar-refractivity contribution in [2.24, 2.45) is 0 Å². The molecule has 0 fully saturated rings. The van der Waals surface area contributed by atoms with Crippen LogP contribution in [0.1, 0.15) is 5.56 Å². The van der Waals surface area contributed by atoms with Crippen molar-refractivity contribution in [2.45, 2.75) is 11.4 Å². The molecule has 3 aromatic rings. The van der Waals surface area contributed by atoms with Crippen molar-refractivity contribution in [1.82, 2.24) is 9.78 Å². The number of aromatic nitrogens is 2. The van der Waals surface area contributed by atoms with E-state index in [4.69, 9.17) is 23.2 Å². The SMILES string of the molecule is O=S(=O)(Nc1cnn(Cc2c(Cl)cccc2Cl)c1)c1ccc(F)cc1F. The Morgan fingerprint density at radius 3 is 2.46 bits per heavy atom. The molecule has 0 spiro atoms. The number of benzene rings is 2. The van der Waals surface area contributed by atoms with Crippen molar-refractivity contribution < 1.29 is 17.2 Å². The van der Waals surface area contributed by atoms with Crippen molar-refractivity contribution in [1.29, 1.82) is 0 Å². The molecule has 2 aromatic carbocycles. The minimum absolute atomic E-state index is 0.108.